The molecule has 1 aliphatic heterocycles. The fourth-order valence-electron chi connectivity index (χ4n) is 2.73. The zero-order valence-corrected chi connectivity index (χ0v) is 12.5. The predicted molar refractivity (Wildman–Crippen MR) is 80.4 cm³/mol. The van der Waals surface area contributed by atoms with E-state index in [1.807, 2.05) is 19.1 Å². The van der Waals surface area contributed by atoms with Gasteiger partial charge in [-0.2, -0.15) is 0 Å². The van der Waals surface area contributed by atoms with E-state index in [1.54, 1.807) is 4.90 Å². The number of amides is 2. The molecule has 4 nitrogen and oxygen atoms in total. The zero-order chi connectivity index (χ0) is 14.8. The van der Waals surface area contributed by atoms with Crippen LogP contribution >= 0.6 is 0 Å². The van der Waals surface area contributed by atoms with Gasteiger partial charge in [0.15, 0.2) is 0 Å². The van der Waals surface area contributed by atoms with Gasteiger partial charge in [0.2, 0.25) is 11.8 Å². The van der Waals surface area contributed by atoms with Gasteiger partial charge in [-0.15, -0.1) is 0 Å². The predicted octanol–water partition coefficient (Wildman–Crippen LogP) is 1.87. The summed E-state index contributed by atoms with van der Waals surface area (Å²) in [5.41, 5.74) is 2.33. The molecule has 1 N–H and O–H groups in total. The van der Waals surface area contributed by atoms with E-state index in [0.29, 0.717) is 25.4 Å². The third kappa shape index (κ3) is 3.63. The van der Waals surface area contributed by atoms with Crippen LogP contribution in [0.4, 0.5) is 0 Å². The monoisotopic (exact) mass is 286 g/mol. The lowest BCUT2D eigenvalue weighted by atomic mass is 10.1. The van der Waals surface area contributed by atoms with Gasteiger partial charge in [0.05, 0.1) is 5.92 Å². The number of hydrogen-bond acceptors (Lipinski definition) is 2. The number of nitrogens with one attached hydrogen (secondary N) is 1. The Balaban J connectivity index is 1.53. The van der Waals surface area contributed by atoms with E-state index in [4.69, 9.17) is 0 Å². The van der Waals surface area contributed by atoms with E-state index in [0.717, 1.165) is 12.1 Å². The second kappa shape index (κ2) is 5.88. The van der Waals surface area contributed by atoms with E-state index in [1.165, 1.54) is 18.4 Å². The SMILES string of the molecule is Cc1ccc(CN2CC(C(=O)NCC3CC3)CC2=O)cc1. The molecule has 112 valence electrons. The Labute approximate surface area is 125 Å². The Bertz CT molecular complexity index is 534. The van der Waals surface area contributed by atoms with Crippen molar-refractivity contribution in [2.45, 2.75) is 32.7 Å². The number of likely N-dealkylation sites (tertiary alicyclic amines) is 1. The highest BCUT2D eigenvalue weighted by atomic mass is 16.2. The van der Waals surface area contributed by atoms with Gasteiger partial charge in [-0.3, -0.25) is 9.59 Å². The molecule has 0 radical (unpaired) electrons. The topological polar surface area (TPSA) is 49.4 Å². The molecule has 3 rings (SSSR count). The summed E-state index contributed by atoms with van der Waals surface area (Å²) < 4.78 is 0. The molecule has 0 aromatic heterocycles. The summed E-state index contributed by atoms with van der Waals surface area (Å²) in [7, 11) is 0. The summed E-state index contributed by atoms with van der Waals surface area (Å²) in [6.45, 7) is 3.97. The smallest absolute Gasteiger partial charge is 0.225 e. The summed E-state index contributed by atoms with van der Waals surface area (Å²) in [5, 5.41) is 2.98. The van der Waals surface area contributed by atoms with E-state index >= 15 is 0 Å². The van der Waals surface area contributed by atoms with Crippen molar-refractivity contribution < 1.29 is 9.59 Å². The van der Waals surface area contributed by atoms with Gasteiger partial charge in [-0.1, -0.05) is 29.8 Å². The maximum Gasteiger partial charge on any atom is 0.225 e. The van der Waals surface area contributed by atoms with Gasteiger partial charge < -0.3 is 10.2 Å². The molecule has 4 heteroatoms. The molecular weight excluding hydrogens is 264 g/mol. The van der Waals surface area contributed by atoms with Crippen LogP contribution in [0.1, 0.15) is 30.4 Å². The summed E-state index contributed by atoms with van der Waals surface area (Å²) >= 11 is 0. The first kappa shape index (κ1) is 14.1. The Kier molecular flexibility index (Phi) is 3.95. The normalized spacial score (nSPS) is 21.7. The molecule has 0 spiro atoms. The number of hydrogen-bond donors (Lipinski definition) is 1. The lowest BCUT2D eigenvalue weighted by Gasteiger charge is -2.17. The van der Waals surface area contributed by atoms with Crippen molar-refractivity contribution in [3.05, 3.63) is 35.4 Å². The summed E-state index contributed by atoms with van der Waals surface area (Å²) in [6.07, 6.45) is 2.80. The molecule has 1 saturated carbocycles. The van der Waals surface area contributed by atoms with Gasteiger partial charge in [-0.05, 0) is 31.2 Å². The number of benzene rings is 1. The number of rotatable bonds is 5. The fraction of sp³-hybridized carbons (Fsp3) is 0.529. The summed E-state index contributed by atoms with van der Waals surface area (Å²) in [6, 6.07) is 8.19. The molecule has 1 aromatic carbocycles. The third-order valence-electron chi connectivity index (χ3n) is 4.34. The van der Waals surface area contributed by atoms with E-state index < -0.39 is 0 Å². The molecule has 2 fully saturated rings. The van der Waals surface area contributed by atoms with E-state index in [9.17, 15) is 9.59 Å². The number of aryl methyl sites for hydroxylation is 1. The average molecular weight is 286 g/mol. The van der Waals surface area contributed by atoms with Crippen molar-refractivity contribution >= 4 is 11.8 Å². The van der Waals surface area contributed by atoms with Crippen LogP contribution in [0.25, 0.3) is 0 Å². The van der Waals surface area contributed by atoms with Gasteiger partial charge >= 0.3 is 0 Å². The van der Waals surface area contributed by atoms with Crippen LogP contribution < -0.4 is 5.32 Å². The van der Waals surface area contributed by atoms with Crippen molar-refractivity contribution in [1.82, 2.24) is 10.2 Å². The molecule has 1 aliphatic carbocycles. The minimum atomic E-state index is -0.179. The first-order valence-corrected chi connectivity index (χ1v) is 7.73. The minimum absolute atomic E-state index is 0.0432. The molecular formula is C17H22N2O2. The molecule has 2 amide bonds. The molecule has 1 aromatic rings. The average Bonchev–Trinajstić information content (AvgIpc) is 3.23. The van der Waals surface area contributed by atoms with Gasteiger partial charge in [0, 0.05) is 26.1 Å². The fourth-order valence-corrected chi connectivity index (χ4v) is 2.73. The van der Waals surface area contributed by atoms with Crippen molar-refractivity contribution in [2.75, 3.05) is 13.1 Å². The molecule has 1 atom stereocenters. The van der Waals surface area contributed by atoms with Crippen LogP contribution in [0.15, 0.2) is 24.3 Å². The van der Waals surface area contributed by atoms with Crippen LogP contribution in [0.3, 0.4) is 0 Å². The molecule has 2 aliphatic rings. The lowest BCUT2D eigenvalue weighted by molar-refractivity contribution is -0.129. The van der Waals surface area contributed by atoms with Crippen LogP contribution in [-0.4, -0.2) is 29.8 Å². The van der Waals surface area contributed by atoms with Crippen LogP contribution in [0.5, 0.6) is 0 Å². The highest BCUT2D eigenvalue weighted by Crippen LogP contribution is 2.28. The van der Waals surface area contributed by atoms with E-state index in [2.05, 4.69) is 17.4 Å². The lowest BCUT2D eigenvalue weighted by Crippen LogP contribution is -2.34. The number of carbonyl (C=O) groups excluding carboxylic acids is 2. The van der Waals surface area contributed by atoms with Crippen LogP contribution in [0.2, 0.25) is 0 Å². The Morgan fingerprint density at radius 3 is 2.67 bits per heavy atom. The van der Waals surface area contributed by atoms with Crippen LogP contribution in [-0.2, 0) is 16.1 Å². The van der Waals surface area contributed by atoms with Crippen molar-refractivity contribution in [2.24, 2.45) is 11.8 Å². The van der Waals surface area contributed by atoms with Crippen molar-refractivity contribution in [3.63, 3.8) is 0 Å². The zero-order valence-electron chi connectivity index (χ0n) is 12.5. The number of carbonyl (C=O) groups is 2. The second-order valence-corrected chi connectivity index (χ2v) is 6.35. The van der Waals surface area contributed by atoms with Gasteiger partial charge in [0.25, 0.3) is 0 Å². The standard InChI is InChI=1S/C17H22N2O2/c1-12-2-4-14(5-3-12)10-19-11-15(8-16(19)20)17(21)18-9-13-6-7-13/h2-5,13,15H,6-11H2,1H3,(H,18,21). The Morgan fingerprint density at radius 2 is 2.00 bits per heavy atom. The molecule has 1 saturated heterocycles. The van der Waals surface area contributed by atoms with Crippen LogP contribution in [0, 0.1) is 18.8 Å². The quantitative estimate of drug-likeness (QED) is 0.898. The van der Waals surface area contributed by atoms with Crippen molar-refractivity contribution in [3.8, 4) is 0 Å². The Morgan fingerprint density at radius 1 is 1.29 bits per heavy atom. The molecule has 1 unspecified atom stereocenters. The minimum Gasteiger partial charge on any atom is -0.356 e. The van der Waals surface area contributed by atoms with Gasteiger partial charge in [-0.25, -0.2) is 0 Å². The Hall–Kier alpha value is -1.84. The molecule has 21 heavy (non-hydrogen) atoms. The molecule has 0 bridgehead atoms. The maximum atomic E-state index is 12.1. The first-order valence-electron chi connectivity index (χ1n) is 7.73. The van der Waals surface area contributed by atoms with Crippen molar-refractivity contribution in [1.29, 1.82) is 0 Å². The third-order valence-corrected chi connectivity index (χ3v) is 4.34. The molecule has 1 heterocycles. The highest BCUT2D eigenvalue weighted by Gasteiger charge is 2.34. The number of nitrogens with zero attached hydrogens (tertiary/aromatic N) is 1. The summed E-state index contributed by atoms with van der Waals surface area (Å²) in [5.74, 6) is 0.625. The highest BCUT2D eigenvalue weighted by molar-refractivity contribution is 5.89. The first-order chi connectivity index (χ1) is 10.1. The summed E-state index contributed by atoms with van der Waals surface area (Å²) in [4.78, 5) is 25.9. The largest absolute Gasteiger partial charge is 0.356 e. The second-order valence-electron chi connectivity index (χ2n) is 6.35. The maximum absolute atomic E-state index is 12.1. The van der Waals surface area contributed by atoms with E-state index in [-0.39, 0.29) is 17.7 Å². The van der Waals surface area contributed by atoms with Gasteiger partial charge in [0.1, 0.15) is 0 Å².